The number of benzene rings is 1. The molecule has 0 unspecified atom stereocenters. The van der Waals surface area contributed by atoms with Crippen LogP contribution < -0.4 is 25.8 Å². The zero-order valence-corrected chi connectivity index (χ0v) is 21.0. The van der Waals surface area contributed by atoms with Crippen LogP contribution in [-0.4, -0.2) is 55.7 Å². The lowest BCUT2D eigenvalue weighted by Crippen LogP contribution is -2.34. The highest BCUT2D eigenvalue weighted by Gasteiger charge is 2.33. The van der Waals surface area contributed by atoms with Gasteiger partial charge >= 0.3 is 6.09 Å². The van der Waals surface area contributed by atoms with Gasteiger partial charge in [-0.2, -0.15) is 0 Å². The van der Waals surface area contributed by atoms with Gasteiger partial charge in [-0.3, -0.25) is 19.3 Å². The maximum absolute atomic E-state index is 12.5. The number of rotatable bonds is 8. The number of hydrogen-bond donors (Lipinski definition) is 3. The molecule has 188 valence electrons. The monoisotopic (exact) mass is 530 g/mol. The fourth-order valence-electron chi connectivity index (χ4n) is 3.72. The molecule has 0 bridgehead atoms. The molecule has 12 heteroatoms. The molecule has 3 N–H and O–H groups in total. The highest BCUT2D eigenvalue weighted by molar-refractivity contribution is 7.18. The quantitative estimate of drug-likeness (QED) is 0.410. The first-order valence-electron chi connectivity index (χ1n) is 10.9. The molecule has 1 aliphatic rings. The smallest absolute Gasteiger partial charge is 0.414 e. The number of aryl methyl sites for hydroxylation is 1. The van der Waals surface area contributed by atoms with Gasteiger partial charge in [0, 0.05) is 24.5 Å². The van der Waals surface area contributed by atoms with E-state index in [4.69, 9.17) is 21.1 Å². The molecule has 1 fully saturated rings. The van der Waals surface area contributed by atoms with Gasteiger partial charge in [-0.15, -0.1) is 11.3 Å². The van der Waals surface area contributed by atoms with Crippen LogP contribution in [-0.2, 0) is 9.53 Å². The number of thiophene rings is 1. The number of hydrogen-bond acceptors (Lipinski definition) is 7. The second-order valence-corrected chi connectivity index (χ2v) is 9.66. The Labute approximate surface area is 215 Å². The van der Waals surface area contributed by atoms with E-state index in [-0.39, 0.29) is 37.3 Å². The van der Waals surface area contributed by atoms with Crippen molar-refractivity contribution in [3.05, 3.63) is 67.7 Å². The van der Waals surface area contributed by atoms with Crippen molar-refractivity contribution in [1.82, 2.24) is 15.6 Å². The minimum absolute atomic E-state index is 0.0281. The van der Waals surface area contributed by atoms with Crippen LogP contribution in [0.4, 0.5) is 10.5 Å². The topological polar surface area (TPSA) is 130 Å². The Morgan fingerprint density at radius 2 is 2.03 bits per heavy atom. The molecule has 3 heterocycles. The van der Waals surface area contributed by atoms with E-state index in [2.05, 4.69) is 15.6 Å². The standard InChI is InChI=1S/C24H23ClN4O6S/c1-13-9-14(3-4-16(13)17-7-8-27-23(32)21(17)34-12-20(30)26-2)29-11-15(35-24(29)33)10-28-22(31)18-5-6-19(25)36-18/h3-9,15H,10-12H2,1-2H3,(H,26,30)(H,27,32)(H,28,31)/t15-/m0/s1. The third-order valence-corrected chi connectivity index (χ3v) is 6.74. The number of anilines is 1. The summed E-state index contributed by atoms with van der Waals surface area (Å²) >= 11 is 7.04. The van der Waals surface area contributed by atoms with E-state index >= 15 is 0 Å². The first-order chi connectivity index (χ1) is 17.3. The second kappa shape index (κ2) is 10.8. The van der Waals surface area contributed by atoms with Crippen molar-refractivity contribution in [3.63, 3.8) is 0 Å². The summed E-state index contributed by atoms with van der Waals surface area (Å²) in [6, 6.07) is 10.3. The zero-order valence-electron chi connectivity index (χ0n) is 19.4. The maximum Gasteiger partial charge on any atom is 0.414 e. The molecule has 1 saturated heterocycles. The van der Waals surface area contributed by atoms with Crippen LogP contribution in [0.1, 0.15) is 15.2 Å². The van der Waals surface area contributed by atoms with E-state index in [9.17, 15) is 19.2 Å². The molecule has 0 spiro atoms. The number of aromatic amines is 1. The summed E-state index contributed by atoms with van der Waals surface area (Å²) in [6.07, 6.45) is 0.458. The van der Waals surface area contributed by atoms with Crippen molar-refractivity contribution in [3.8, 4) is 16.9 Å². The first kappa shape index (κ1) is 25.3. The van der Waals surface area contributed by atoms with Crippen LogP contribution in [0, 0.1) is 6.92 Å². The largest absolute Gasteiger partial charge is 0.477 e. The maximum atomic E-state index is 12.5. The van der Waals surface area contributed by atoms with Crippen LogP contribution in [0.25, 0.3) is 11.1 Å². The minimum Gasteiger partial charge on any atom is -0.477 e. The van der Waals surface area contributed by atoms with Crippen molar-refractivity contribution in [2.45, 2.75) is 13.0 Å². The van der Waals surface area contributed by atoms with E-state index in [0.29, 0.717) is 26.0 Å². The lowest BCUT2D eigenvalue weighted by Gasteiger charge is -2.17. The molecule has 4 rings (SSSR count). The van der Waals surface area contributed by atoms with Crippen molar-refractivity contribution in [2.24, 2.45) is 0 Å². The molecule has 1 aliphatic heterocycles. The predicted molar refractivity (Wildman–Crippen MR) is 136 cm³/mol. The highest BCUT2D eigenvalue weighted by Crippen LogP contribution is 2.33. The highest BCUT2D eigenvalue weighted by atomic mass is 35.5. The molecule has 1 aromatic carbocycles. The Morgan fingerprint density at radius 1 is 1.22 bits per heavy atom. The van der Waals surface area contributed by atoms with Crippen LogP contribution in [0.15, 0.2) is 47.4 Å². The fourth-order valence-corrected chi connectivity index (χ4v) is 4.68. The molecule has 3 amide bonds. The SMILES string of the molecule is CNC(=O)COc1c(-c2ccc(N3C[C@H](CNC(=O)c4ccc(Cl)s4)OC3=O)cc2C)cc[nH]c1=O. The van der Waals surface area contributed by atoms with Crippen LogP contribution >= 0.6 is 22.9 Å². The average Bonchev–Trinajstić information content (AvgIpc) is 3.46. The summed E-state index contributed by atoms with van der Waals surface area (Å²) in [5.41, 5.74) is 2.16. The number of likely N-dealkylation sites (N-methyl/N-ethyl adjacent to an activating group) is 1. The Bertz CT molecular complexity index is 1370. The number of ether oxygens (including phenoxy) is 2. The molecule has 10 nitrogen and oxygen atoms in total. The number of carbonyl (C=O) groups excluding carboxylic acids is 3. The van der Waals surface area contributed by atoms with Crippen LogP contribution in [0.5, 0.6) is 5.75 Å². The fraction of sp³-hybridized carbons (Fsp3) is 0.250. The number of nitrogens with one attached hydrogen (secondary N) is 3. The van der Waals surface area contributed by atoms with Gasteiger partial charge in [-0.1, -0.05) is 17.7 Å². The van der Waals surface area contributed by atoms with Crippen LogP contribution in [0.2, 0.25) is 4.34 Å². The number of halogens is 1. The van der Waals surface area contributed by atoms with Gasteiger partial charge in [0.15, 0.2) is 12.4 Å². The number of nitrogens with zero attached hydrogens (tertiary/aromatic N) is 1. The summed E-state index contributed by atoms with van der Waals surface area (Å²) in [7, 11) is 1.48. The van der Waals surface area contributed by atoms with Gasteiger partial charge in [-0.25, -0.2) is 4.79 Å². The number of H-pyrrole nitrogens is 1. The van der Waals surface area contributed by atoms with Crippen molar-refractivity contribution >= 4 is 46.5 Å². The Kier molecular flexibility index (Phi) is 7.61. The molecule has 0 radical (unpaired) electrons. The molecular formula is C24H23ClN4O6S. The number of carbonyl (C=O) groups is 3. The number of cyclic esters (lactones) is 1. The van der Waals surface area contributed by atoms with Gasteiger partial charge < -0.3 is 25.1 Å². The first-order valence-corrected chi connectivity index (χ1v) is 12.1. The normalized spacial score (nSPS) is 14.9. The van der Waals surface area contributed by atoms with Gasteiger partial charge in [0.2, 0.25) is 0 Å². The van der Waals surface area contributed by atoms with E-state index < -0.39 is 17.8 Å². The molecule has 1 atom stereocenters. The van der Waals surface area contributed by atoms with Gasteiger partial charge in [0.25, 0.3) is 17.4 Å². The molecule has 36 heavy (non-hydrogen) atoms. The number of amides is 3. The lowest BCUT2D eigenvalue weighted by molar-refractivity contribution is -0.122. The Balaban J connectivity index is 1.47. The third kappa shape index (κ3) is 5.52. The van der Waals surface area contributed by atoms with E-state index in [0.717, 1.165) is 5.56 Å². The summed E-state index contributed by atoms with van der Waals surface area (Å²) in [4.78, 5) is 53.2. The number of pyridine rings is 1. The van der Waals surface area contributed by atoms with E-state index in [1.165, 1.54) is 29.5 Å². The lowest BCUT2D eigenvalue weighted by atomic mass is 10.00. The second-order valence-electron chi connectivity index (χ2n) is 7.94. The predicted octanol–water partition coefficient (Wildman–Crippen LogP) is 2.95. The molecule has 0 aliphatic carbocycles. The van der Waals surface area contributed by atoms with Gasteiger partial charge in [-0.05, 0) is 48.4 Å². The third-order valence-electron chi connectivity index (χ3n) is 5.51. The summed E-state index contributed by atoms with van der Waals surface area (Å²) in [6.45, 7) is 1.96. The summed E-state index contributed by atoms with van der Waals surface area (Å²) in [5, 5.41) is 5.20. The number of aromatic nitrogens is 1. The van der Waals surface area contributed by atoms with E-state index in [1.54, 1.807) is 36.4 Å². The summed E-state index contributed by atoms with van der Waals surface area (Å²) in [5.74, 6) is -0.622. The van der Waals surface area contributed by atoms with E-state index in [1.807, 2.05) is 6.92 Å². The molecule has 0 saturated carbocycles. The summed E-state index contributed by atoms with van der Waals surface area (Å²) < 4.78 is 11.4. The van der Waals surface area contributed by atoms with Crippen molar-refractivity contribution in [1.29, 1.82) is 0 Å². The minimum atomic E-state index is -0.522. The molecule has 3 aromatic rings. The van der Waals surface area contributed by atoms with Crippen molar-refractivity contribution < 1.29 is 23.9 Å². The zero-order chi connectivity index (χ0) is 25.8. The molecule has 2 aromatic heterocycles. The van der Waals surface area contributed by atoms with Crippen LogP contribution in [0.3, 0.4) is 0 Å². The average molecular weight is 531 g/mol. The van der Waals surface area contributed by atoms with Crippen molar-refractivity contribution in [2.75, 3.05) is 31.6 Å². The Hall–Kier alpha value is -3.83. The Morgan fingerprint density at radius 3 is 2.72 bits per heavy atom. The van der Waals surface area contributed by atoms with Gasteiger partial charge in [0.1, 0.15) is 6.10 Å². The molecular weight excluding hydrogens is 508 g/mol. The van der Waals surface area contributed by atoms with Gasteiger partial charge in [0.05, 0.1) is 22.3 Å².